The molecule has 0 aromatic carbocycles. The molecule has 0 spiro atoms. The van der Waals surface area contributed by atoms with E-state index in [-0.39, 0.29) is 5.56 Å². The molecule has 5 heteroatoms. The summed E-state index contributed by atoms with van der Waals surface area (Å²) in [7, 11) is 1.74. The molecule has 3 rings (SSSR count). The Bertz CT molecular complexity index is 818. The van der Waals surface area contributed by atoms with Gasteiger partial charge in [-0.1, -0.05) is 6.92 Å². The standard InChI is InChI=1S/C17H20N4O/c1-11-4-5-12(2)21(10-11)15-8-16(22)20(3)14-7-6-13(9-18)19-17(14)15/h6-8,11-12H,4-5,10H2,1-3H3/t11-,12+/m0/s1. The highest BCUT2D eigenvalue weighted by Gasteiger charge is 2.25. The van der Waals surface area contributed by atoms with Gasteiger partial charge in [0.25, 0.3) is 5.56 Å². The fraction of sp³-hybridized carbons (Fsp3) is 0.471. The van der Waals surface area contributed by atoms with E-state index in [1.807, 2.05) is 6.07 Å². The van der Waals surface area contributed by atoms with Gasteiger partial charge in [0.1, 0.15) is 17.3 Å². The molecule has 114 valence electrons. The fourth-order valence-electron chi connectivity index (χ4n) is 3.22. The molecular weight excluding hydrogens is 276 g/mol. The normalized spacial score (nSPS) is 21.8. The topological polar surface area (TPSA) is 61.9 Å². The molecule has 2 aromatic rings. The highest BCUT2D eigenvalue weighted by molar-refractivity contribution is 5.88. The van der Waals surface area contributed by atoms with E-state index in [4.69, 9.17) is 5.26 Å². The smallest absolute Gasteiger partial charge is 0.252 e. The molecule has 0 unspecified atom stereocenters. The number of aryl methyl sites for hydroxylation is 1. The van der Waals surface area contributed by atoms with Gasteiger partial charge in [-0.25, -0.2) is 4.98 Å². The number of pyridine rings is 2. The summed E-state index contributed by atoms with van der Waals surface area (Å²) < 4.78 is 1.59. The summed E-state index contributed by atoms with van der Waals surface area (Å²) in [4.78, 5) is 19.0. The molecule has 1 aliphatic heterocycles. The van der Waals surface area contributed by atoms with Crippen LogP contribution >= 0.6 is 0 Å². The van der Waals surface area contributed by atoms with Crippen LogP contribution in [0.15, 0.2) is 23.0 Å². The molecule has 1 saturated heterocycles. The first-order chi connectivity index (χ1) is 10.5. The second-order valence-corrected chi connectivity index (χ2v) is 6.29. The van der Waals surface area contributed by atoms with E-state index < -0.39 is 0 Å². The highest BCUT2D eigenvalue weighted by Crippen LogP contribution is 2.31. The number of hydrogen-bond acceptors (Lipinski definition) is 4. The molecule has 0 radical (unpaired) electrons. The molecule has 2 atom stereocenters. The zero-order chi connectivity index (χ0) is 15.9. The van der Waals surface area contributed by atoms with Crippen LogP contribution in [0, 0.1) is 17.2 Å². The average Bonchev–Trinajstić information content (AvgIpc) is 2.53. The van der Waals surface area contributed by atoms with Crippen molar-refractivity contribution in [3.05, 3.63) is 34.2 Å². The lowest BCUT2D eigenvalue weighted by atomic mass is 9.94. The maximum atomic E-state index is 12.3. The minimum absolute atomic E-state index is 0.0422. The number of piperidine rings is 1. The van der Waals surface area contributed by atoms with Crippen molar-refractivity contribution in [2.75, 3.05) is 11.4 Å². The van der Waals surface area contributed by atoms with E-state index in [1.54, 1.807) is 23.7 Å². The summed E-state index contributed by atoms with van der Waals surface area (Å²) in [6.45, 7) is 5.33. The molecule has 0 aliphatic carbocycles. The Kier molecular flexibility index (Phi) is 3.61. The zero-order valence-electron chi connectivity index (χ0n) is 13.2. The summed E-state index contributed by atoms with van der Waals surface area (Å²) >= 11 is 0. The van der Waals surface area contributed by atoms with Crippen LogP contribution in [0.4, 0.5) is 5.69 Å². The third-order valence-corrected chi connectivity index (χ3v) is 4.61. The third-order valence-electron chi connectivity index (χ3n) is 4.61. The first-order valence-corrected chi connectivity index (χ1v) is 7.68. The van der Waals surface area contributed by atoms with Gasteiger partial charge in [0.05, 0.1) is 11.2 Å². The molecule has 5 nitrogen and oxygen atoms in total. The Labute approximate surface area is 129 Å². The SMILES string of the molecule is C[C@H]1CC[C@@H](C)N(c2cc(=O)n(C)c3ccc(C#N)nc23)C1. The minimum atomic E-state index is -0.0422. The largest absolute Gasteiger partial charge is 0.367 e. The number of nitrogens with zero attached hydrogens (tertiary/aromatic N) is 4. The highest BCUT2D eigenvalue weighted by atomic mass is 16.1. The van der Waals surface area contributed by atoms with Crippen molar-refractivity contribution in [2.45, 2.75) is 32.7 Å². The Balaban J connectivity index is 2.26. The molecule has 3 heterocycles. The van der Waals surface area contributed by atoms with Crippen LogP contribution in [0.25, 0.3) is 11.0 Å². The van der Waals surface area contributed by atoms with Crippen LogP contribution in [-0.2, 0) is 7.05 Å². The van der Waals surface area contributed by atoms with Crippen molar-refractivity contribution >= 4 is 16.7 Å². The van der Waals surface area contributed by atoms with Gasteiger partial charge in [0, 0.05) is 25.7 Å². The second-order valence-electron chi connectivity index (χ2n) is 6.29. The van der Waals surface area contributed by atoms with Gasteiger partial charge in [-0.05, 0) is 37.8 Å². The molecule has 0 N–H and O–H groups in total. The van der Waals surface area contributed by atoms with Crippen LogP contribution in [-0.4, -0.2) is 22.1 Å². The first-order valence-electron chi connectivity index (χ1n) is 7.68. The van der Waals surface area contributed by atoms with Crippen molar-refractivity contribution in [1.29, 1.82) is 5.26 Å². The quantitative estimate of drug-likeness (QED) is 0.811. The predicted molar refractivity (Wildman–Crippen MR) is 86.9 cm³/mol. The van der Waals surface area contributed by atoms with Gasteiger partial charge in [0.15, 0.2) is 0 Å². The molecule has 0 bridgehead atoms. The van der Waals surface area contributed by atoms with Crippen molar-refractivity contribution < 1.29 is 0 Å². The van der Waals surface area contributed by atoms with E-state index >= 15 is 0 Å². The molecule has 0 amide bonds. The van der Waals surface area contributed by atoms with Crippen LogP contribution in [0.1, 0.15) is 32.4 Å². The van der Waals surface area contributed by atoms with Gasteiger partial charge in [0.2, 0.25) is 0 Å². The number of aromatic nitrogens is 2. The summed E-state index contributed by atoms with van der Waals surface area (Å²) in [5.74, 6) is 0.592. The lowest BCUT2D eigenvalue weighted by molar-refractivity contribution is 0.391. The van der Waals surface area contributed by atoms with E-state index in [0.717, 1.165) is 29.7 Å². The Morgan fingerprint density at radius 2 is 2.09 bits per heavy atom. The fourth-order valence-corrected chi connectivity index (χ4v) is 3.22. The summed E-state index contributed by atoms with van der Waals surface area (Å²) in [6.07, 6.45) is 2.31. The molecule has 1 aliphatic rings. The predicted octanol–water partition coefficient (Wildman–Crippen LogP) is 2.43. The maximum absolute atomic E-state index is 12.3. The van der Waals surface area contributed by atoms with Crippen LogP contribution in [0.3, 0.4) is 0 Å². The van der Waals surface area contributed by atoms with Gasteiger partial charge in [-0.2, -0.15) is 5.26 Å². The number of nitriles is 1. The van der Waals surface area contributed by atoms with Crippen LogP contribution < -0.4 is 10.5 Å². The van der Waals surface area contributed by atoms with Gasteiger partial charge in [-0.3, -0.25) is 4.79 Å². The van der Waals surface area contributed by atoms with E-state index in [1.165, 1.54) is 6.42 Å². The third kappa shape index (κ3) is 2.35. The van der Waals surface area contributed by atoms with E-state index in [9.17, 15) is 4.79 Å². The minimum Gasteiger partial charge on any atom is -0.367 e. The molecule has 2 aromatic heterocycles. The van der Waals surface area contributed by atoms with Crippen molar-refractivity contribution in [2.24, 2.45) is 13.0 Å². The van der Waals surface area contributed by atoms with Crippen LogP contribution in [0.5, 0.6) is 0 Å². The molecule has 22 heavy (non-hydrogen) atoms. The van der Waals surface area contributed by atoms with Crippen LogP contribution in [0.2, 0.25) is 0 Å². The maximum Gasteiger partial charge on any atom is 0.252 e. The number of anilines is 1. The van der Waals surface area contributed by atoms with Crippen molar-refractivity contribution in [3.8, 4) is 6.07 Å². The molecule has 1 fully saturated rings. The number of rotatable bonds is 1. The second kappa shape index (κ2) is 5.45. The Morgan fingerprint density at radius 1 is 1.32 bits per heavy atom. The average molecular weight is 296 g/mol. The molecule has 0 saturated carbocycles. The number of fused-ring (bicyclic) bond motifs is 1. The van der Waals surface area contributed by atoms with Crippen molar-refractivity contribution in [3.63, 3.8) is 0 Å². The Hall–Kier alpha value is -2.35. The van der Waals surface area contributed by atoms with Crippen molar-refractivity contribution in [1.82, 2.24) is 9.55 Å². The Morgan fingerprint density at radius 3 is 2.82 bits per heavy atom. The van der Waals surface area contributed by atoms with E-state index in [0.29, 0.717) is 17.7 Å². The lowest BCUT2D eigenvalue weighted by Crippen LogP contribution is -2.42. The summed E-state index contributed by atoms with van der Waals surface area (Å²) in [5.41, 5.74) is 2.70. The van der Waals surface area contributed by atoms with Gasteiger partial charge >= 0.3 is 0 Å². The number of hydrogen-bond donors (Lipinski definition) is 0. The van der Waals surface area contributed by atoms with Gasteiger partial charge < -0.3 is 9.47 Å². The monoisotopic (exact) mass is 296 g/mol. The van der Waals surface area contributed by atoms with E-state index in [2.05, 4.69) is 29.8 Å². The summed E-state index contributed by atoms with van der Waals surface area (Å²) in [5, 5.41) is 9.12. The first kappa shape index (κ1) is 14.6. The molecular formula is C17H20N4O. The summed E-state index contributed by atoms with van der Waals surface area (Å²) in [6, 6.07) is 7.59. The lowest BCUT2D eigenvalue weighted by Gasteiger charge is -2.38. The van der Waals surface area contributed by atoms with Gasteiger partial charge in [-0.15, -0.1) is 0 Å². The zero-order valence-corrected chi connectivity index (χ0v) is 13.2.